The molecule has 0 radical (unpaired) electrons. The van der Waals surface area contributed by atoms with Crippen LogP contribution < -0.4 is 5.32 Å². The number of nitrogens with one attached hydrogen (secondary N) is 1. The van der Waals surface area contributed by atoms with Crippen LogP contribution in [0.3, 0.4) is 0 Å². The van der Waals surface area contributed by atoms with Crippen LogP contribution in [0.2, 0.25) is 0 Å². The van der Waals surface area contributed by atoms with Gasteiger partial charge in [-0.25, -0.2) is 18.7 Å². The highest BCUT2D eigenvalue weighted by molar-refractivity contribution is 5.96. The molecule has 0 unspecified atom stereocenters. The molecule has 2 N–H and O–H groups in total. The number of carbonyl (C=O) groups excluding carboxylic acids is 1. The van der Waals surface area contributed by atoms with Gasteiger partial charge in [0.25, 0.3) is 5.91 Å². The first-order chi connectivity index (χ1) is 11.9. The van der Waals surface area contributed by atoms with Gasteiger partial charge in [0.1, 0.15) is 11.5 Å². The molecule has 8 heteroatoms. The summed E-state index contributed by atoms with van der Waals surface area (Å²) in [6, 6.07) is 5.72. The Hall–Kier alpha value is -3.29. The predicted molar refractivity (Wildman–Crippen MR) is 87.0 cm³/mol. The molecule has 2 heterocycles. The minimum Gasteiger partial charge on any atom is -0.477 e. The van der Waals surface area contributed by atoms with Gasteiger partial charge in [-0.2, -0.15) is 5.10 Å². The summed E-state index contributed by atoms with van der Waals surface area (Å²) in [5.41, 5.74) is 2.00. The van der Waals surface area contributed by atoms with Crippen LogP contribution in [0.4, 0.5) is 4.39 Å². The number of benzene rings is 1. The van der Waals surface area contributed by atoms with Crippen LogP contribution >= 0.6 is 0 Å². The van der Waals surface area contributed by atoms with Gasteiger partial charge in [-0.1, -0.05) is 12.1 Å². The Bertz CT molecular complexity index is 997. The van der Waals surface area contributed by atoms with E-state index in [9.17, 15) is 19.1 Å². The van der Waals surface area contributed by atoms with E-state index in [0.29, 0.717) is 16.8 Å². The minimum atomic E-state index is -1.23. The molecule has 0 aliphatic rings. The van der Waals surface area contributed by atoms with Gasteiger partial charge in [0.15, 0.2) is 11.3 Å². The maximum absolute atomic E-state index is 13.3. The predicted octanol–water partition coefficient (Wildman–Crippen LogP) is 2.11. The molecule has 0 saturated carbocycles. The van der Waals surface area contributed by atoms with Crippen molar-refractivity contribution in [2.24, 2.45) is 0 Å². The summed E-state index contributed by atoms with van der Waals surface area (Å²) in [5, 5.41) is 15.9. The molecule has 128 valence electrons. The van der Waals surface area contributed by atoms with Crippen LogP contribution in [-0.2, 0) is 6.54 Å². The van der Waals surface area contributed by atoms with E-state index < -0.39 is 11.9 Å². The monoisotopic (exact) mass is 342 g/mol. The second-order valence-corrected chi connectivity index (χ2v) is 5.66. The van der Waals surface area contributed by atoms with Crippen molar-refractivity contribution in [1.82, 2.24) is 19.9 Å². The lowest BCUT2D eigenvalue weighted by Gasteiger charge is -2.09. The van der Waals surface area contributed by atoms with E-state index in [0.717, 1.165) is 5.56 Å². The fraction of sp³-hybridized carbons (Fsp3) is 0.176. The Kier molecular flexibility index (Phi) is 4.18. The Balaban J connectivity index is 1.91. The number of rotatable bonds is 4. The molecule has 0 fully saturated rings. The molecular weight excluding hydrogens is 327 g/mol. The van der Waals surface area contributed by atoms with Gasteiger partial charge in [0.2, 0.25) is 0 Å². The molecule has 0 bridgehead atoms. The van der Waals surface area contributed by atoms with Gasteiger partial charge in [-0.05, 0) is 31.0 Å². The number of aryl methyl sites for hydroxylation is 2. The highest BCUT2D eigenvalue weighted by Crippen LogP contribution is 2.13. The molecule has 3 rings (SSSR count). The highest BCUT2D eigenvalue weighted by Gasteiger charge is 2.18. The van der Waals surface area contributed by atoms with E-state index >= 15 is 0 Å². The number of aromatic nitrogens is 3. The number of carboxylic acids is 1. The lowest BCUT2D eigenvalue weighted by atomic mass is 10.1. The standard InChI is InChI=1S/C17H15FN4O3/c1-9-5-11(3-4-12(9)18)8-19-16(23)14-6-13(17(24)25)21-15-10(2)7-20-22(14)15/h3-7H,8H2,1-2H3,(H,19,23)(H,24,25). The third-order valence-electron chi connectivity index (χ3n) is 3.78. The van der Waals surface area contributed by atoms with Crippen LogP contribution in [0.5, 0.6) is 0 Å². The molecule has 25 heavy (non-hydrogen) atoms. The maximum atomic E-state index is 13.3. The lowest BCUT2D eigenvalue weighted by molar-refractivity contribution is 0.0690. The molecule has 0 spiro atoms. The number of hydrogen-bond donors (Lipinski definition) is 2. The molecule has 0 aliphatic heterocycles. The van der Waals surface area contributed by atoms with E-state index in [-0.39, 0.29) is 23.7 Å². The van der Waals surface area contributed by atoms with Crippen molar-refractivity contribution in [2.75, 3.05) is 0 Å². The number of carbonyl (C=O) groups is 2. The molecule has 0 atom stereocenters. The van der Waals surface area contributed by atoms with Crippen molar-refractivity contribution < 1.29 is 19.1 Å². The molecule has 1 amide bonds. The van der Waals surface area contributed by atoms with Crippen molar-refractivity contribution in [2.45, 2.75) is 20.4 Å². The van der Waals surface area contributed by atoms with E-state index in [2.05, 4.69) is 15.4 Å². The number of halogens is 1. The van der Waals surface area contributed by atoms with Gasteiger partial charge < -0.3 is 10.4 Å². The van der Waals surface area contributed by atoms with Crippen LogP contribution in [0.25, 0.3) is 5.65 Å². The summed E-state index contributed by atoms with van der Waals surface area (Å²) in [4.78, 5) is 27.7. The van der Waals surface area contributed by atoms with E-state index in [1.807, 2.05) is 0 Å². The van der Waals surface area contributed by atoms with Gasteiger partial charge in [-0.15, -0.1) is 0 Å². The maximum Gasteiger partial charge on any atom is 0.354 e. The van der Waals surface area contributed by atoms with E-state index in [4.69, 9.17) is 0 Å². The number of nitrogens with zero attached hydrogens (tertiary/aromatic N) is 3. The summed E-state index contributed by atoms with van der Waals surface area (Å²) in [6.45, 7) is 3.54. The molecular formula is C17H15FN4O3. The zero-order valence-electron chi connectivity index (χ0n) is 13.6. The van der Waals surface area contributed by atoms with Crippen LogP contribution in [-0.4, -0.2) is 31.6 Å². The first kappa shape index (κ1) is 16.6. The number of hydrogen-bond acceptors (Lipinski definition) is 4. The quantitative estimate of drug-likeness (QED) is 0.757. The minimum absolute atomic E-state index is 0.0642. The smallest absolute Gasteiger partial charge is 0.354 e. The Morgan fingerprint density at radius 2 is 2.00 bits per heavy atom. The third-order valence-corrected chi connectivity index (χ3v) is 3.78. The van der Waals surface area contributed by atoms with E-state index in [1.54, 1.807) is 26.0 Å². The number of carboxylic acid groups (broad SMARTS) is 1. The summed E-state index contributed by atoms with van der Waals surface area (Å²) >= 11 is 0. The second-order valence-electron chi connectivity index (χ2n) is 5.66. The fourth-order valence-electron chi connectivity index (χ4n) is 2.43. The first-order valence-electron chi connectivity index (χ1n) is 7.48. The Morgan fingerprint density at radius 3 is 2.68 bits per heavy atom. The average molecular weight is 342 g/mol. The summed E-state index contributed by atoms with van der Waals surface area (Å²) in [7, 11) is 0. The number of fused-ring (bicyclic) bond motifs is 1. The average Bonchev–Trinajstić information content (AvgIpc) is 2.96. The van der Waals surface area contributed by atoms with Crippen molar-refractivity contribution >= 4 is 17.5 Å². The van der Waals surface area contributed by atoms with Crippen molar-refractivity contribution in [3.63, 3.8) is 0 Å². The van der Waals surface area contributed by atoms with Crippen molar-refractivity contribution in [3.8, 4) is 0 Å². The Morgan fingerprint density at radius 1 is 1.24 bits per heavy atom. The number of aromatic carboxylic acids is 1. The van der Waals surface area contributed by atoms with Gasteiger partial charge in [0, 0.05) is 18.2 Å². The second kappa shape index (κ2) is 6.31. The molecule has 1 aromatic carbocycles. The SMILES string of the molecule is Cc1cc(CNC(=O)c2cc(C(=O)O)nc3c(C)cnn23)ccc1F. The van der Waals surface area contributed by atoms with Gasteiger partial charge >= 0.3 is 5.97 Å². The summed E-state index contributed by atoms with van der Waals surface area (Å²) < 4.78 is 14.6. The first-order valence-corrected chi connectivity index (χ1v) is 7.48. The zero-order chi connectivity index (χ0) is 18.1. The topological polar surface area (TPSA) is 96.6 Å². The third kappa shape index (κ3) is 3.18. The normalized spacial score (nSPS) is 10.8. The van der Waals surface area contributed by atoms with Crippen molar-refractivity contribution in [3.05, 3.63) is 64.4 Å². The van der Waals surface area contributed by atoms with Gasteiger partial charge in [-0.3, -0.25) is 4.79 Å². The summed E-state index contributed by atoms with van der Waals surface area (Å²) in [5.74, 6) is -2.05. The van der Waals surface area contributed by atoms with Gasteiger partial charge in [0.05, 0.1) is 6.20 Å². The van der Waals surface area contributed by atoms with Crippen LogP contribution in [0.1, 0.15) is 37.7 Å². The summed E-state index contributed by atoms with van der Waals surface area (Å²) in [6.07, 6.45) is 1.51. The zero-order valence-corrected chi connectivity index (χ0v) is 13.6. The largest absolute Gasteiger partial charge is 0.477 e. The number of amides is 1. The molecule has 0 aliphatic carbocycles. The van der Waals surface area contributed by atoms with Crippen molar-refractivity contribution in [1.29, 1.82) is 0 Å². The van der Waals surface area contributed by atoms with Crippen LogP contribution in [0, 0.1) is 19.7 Å². The molecule has 3 aromatic rings. The van der Waals surface area contributed by atoms with E-state index in [1.165, 1.54) is 22.8 Å². The van der Waals surface area contributed by atoms with Crippen LogP contribution in [0.15, 0.2) is 30.5 Å². The molecule has 0 saturated heterocycles. The molecule has 2 aromatic heterocycles. The lowest BCUT2D eigenvalue weighted by Crippen LogP contribution is -2.26. The molecule has 7 nitrogen and oxygen atoms in total. The fourth-order valence-corrected chi connectivity index (χ4v) is 2.43. The Labute approximate surface area is 142 Å². The highest BCUT2D eigenvalue weighted by atomic mass is 19.1.